The van der Waals surface area contributed by atoms with E-state index in [1.807, 2.05) is 20.8 Å². The van der Waals surface area contributed by atoms with Gasteiger partial charge in [-0.05, 0) is 32.9 Å². The zero-order valence-electron chi connectivity index (χ0n) is 11.1. The van der Waals surface area contributed by atoms with Crippen LogP contribution in [0.2, 0.25) is 0 Å². The first-order chi connectivity index (χ1) is 8.37. The lowest BCUT2D eigenvalue weighted by atomic mass is 10.1. The third-order valence-corrected chi connectivity index (χ3v) is 2.93. The molecule has 5 nitrogen and oxygen atoms in total. The quantitative estimate of drug-likeness (QED) is 0.812. The van der Waals surface area contributed by atoms with Crippen molar-refractivity contribution in [3.63, 3.8) is 0 Å². The van der Waals surface area contributed by atoms with Crippen molar-refractivity contribution in [1.82, 2.24) is 9.88 Å². The van der Waals surface area contributed by atoms with Crippen LogP contribution in [0.3, 0.4) is 0 Å². The summed E-state index contributed by atoms with van der Waals surface area (Å²) in [6, 6.07) is 3.39. The number of rotatable bonds is 1. The van der Waals surface area contributed by atoms with Crippen molar-refractivity contribution in [2.45, 2.75) is 26.4 Å². The molecule has 0 spiro atoms. The lowest BCUT2D eigenvalue weighted by Crippen LogP contribution is -2.50. The maximum absolute atomic E-state index is 12.4. The highest BCUT2D eigenvalue weighted by Gasteiger charge is 2.30. The second-order valence-electron chi connectivity index (χ2n) is 5.26. The fourth-order valence-electron chi connectivity index (χ4n) is 2.19. The Morgan fingerprint density at radius 1 is 1.50 bits per heavy atom. The third-order valence-electron chi connectivity index (χ3n) is 2.93. The van der Waals surface area contributed by atoms with E-state index in [1.165, 1.54) is 0 Å². The van der Waals surface area contributed by atoms with Gasteiger partial charge in [-0.2, -0.15) is 0 Å². The molecule has 0 unspecified atom stereocenters. The van der Waals surface area contributed by atoms with E-state index in [0.29, 0.717) is 31.1 Å². The van der Waals surface area contributed by atoms with E-state index in [0.717, 1.165) is 5.69 Å². The molecule has 0 atom stereocenters. The standard InChI is InChI=1S/C13H19N3O2/c1-9-6-10(7-11(14)15-9)12(17)16-4-5-18-13(2,3)8-16/h6-7H,4-5,8H2,1-3H3,(H2,14,15). The Labute approximate surface area is 107 Å². The number of nitrogens with zero attached hydrogens (tertiary/aromatic N) is 2. The van der Waals surface area contributed by atoms with Gasteiger partial charge in [0.25, 0.3) is 5.91 Å². The van der Waals surface area contributed by atoms with Crippen LogP contribution in [0.15, 0.2) is 12.1 Å². The molecule has 2 N–H and O–H groups in total. The van der Waals surface area contributed by atoms with Gasteiger partial charge in [0.1, 0.15) is 5.82 Å². The average molecular weight is 249 g/mol. The topological polar surface area (TPSA) is 68.5 Å². The van der Waals surface area contributed by atoms with Crippen molar-refractivity contribution in [3.8, 4) is 0 Å². The molecular weight excluding hydrogens is 230 g/mol. The number of ether oxygens (including phenoxy) is 1. The number of aromatic nitrogens is 1. The number of aryl methyl sites for hydroxylation is 1. The van der Waals surface area contributed by atoms with E-state index in [-0.39, 0.29) is 11.5 Å². The Hall–Kier alpha value is -1.62. The van der Waals surface area contributed by atoms with Crippen LogP contribution in [-0.4, -0.2) is 41.1 Å². The molecule has 0 bridgehead atoms. The maximum atomic E-state index is 12.4. The molecule has 0 aliphatic carbocycles. The molecule has 98 valence electrons. The van der Waals surface area contributed by atoms with Crippen LogP contribution in [0.25, 0.3) is 0 Å². The first kappa shape index (κ1) is 12.8. The Kier molecular flexibility index (Phi) is 3.26. The summed E-state index contributed by atoms with van der Waals surface area (Å²) in [7, 11) is 0. The van der Waals surface area contributed by atoms with Gasteiger partial charge in [0.05, 0.1) is 12.2 Å². The molecule has 1 aromatic rings. The highest BCUT2D eigenvalue weighted by molar-refractivity contribution is 5.95. The van der Waals surface area contributed by atoms with Crippen LogP contribution in [-0.2, 0) is 4.74 Å². The largest absolute Gasteiger partial charge is 0.384 e. The van der Waals surface area contributed by atoms with Crippen molar-refractivity contribution in [2.24, 2.45) is 0 Å². The lowest BCUT2D eigenvalue weighted by Gasteiger charge is -2.38. The van der Waals surface area contributed by atoms with E-state index < -0.39 is 0 Å². The number of hydrogen-bond donors (Lipinski definition) is 1. The summed E-state index contributed by atoms with van der Waals surface area (Å²) in [5.74, 6) is 0.370. The van der Waals surface area contributed by atoms with E-state index >= 15 is 0 Å². The maximum Gasteiger partial charge on any atom is 0.254 e. The Bertz CT molecular complexity index is 451. The molecule has 0 saturated carbocycles. The number of nitrogen functional groups attached to an aromatic ring is 1. The van der Waals surface area contributed by atoms with Gasteiger partial charge in [0.2, 0.25) is 0 Å². The number of anilines is 1. The minimum Gasteiger partial charge on any atom is -0.384 e. The van der Waals surface area contributed by atoms with Crippen molar-refractivity contribution >= 4 is 11.7 Å². The van der Waals surface area contributed by atoms with Crippen LogP contribution in [0.5, 0.6) is 0 Å². The second-order valence-corrected chi connectivity index (χ2v) is 5.26. The number of nitrogens with two attached hydrogens (primary N) is 1. The molecule has 18 heavy (non-hydrogen) atoms. The second kappa shape index (κ2) is 4.57. The predicted molar refractivity (Wildman–Crippen MR) is 69.3 cm³/mol. The minimum absolute atomic E-state index is 0.0106. The summed E-state index contributed by atoms with van der Waals surface area (Å²) >= 11 is 0. The highest BCUT2D eigenvalue weighted by atomic mass is 16.5. The monoisotopic (exact) mass is 249 g/mol. The predicted octanol–water partition coefficient (Wildman–Crippen LogP) is 1.22. The van der Waals surface area contributed by atoms with Crippen molar-refractivity contribution in [1.29, 1.82) is 0 Å². The summed E-state index contributed by atoms with van der Waals surface area (Å²) in [6.07, 6.45) is 0. The fraction of sp³-hybridized carbons (Fsp3) is 0.538. The van der Waals surface area contributed by atoms with Gasteiger partial charge in [-0.25, -0.2) is 4.98 Å². The Morgan fingerprint density at radius 3 is 2.83 bits per heavy atom. The van der Waals surface area contributed by atoms with E-state index in [2.05, 4.69) is 4.98 Å². The van der Waals surface area contributed by atoms with E-state index in [1.54, 1.807) is 17.0 Å². The van der Waals surface area contributed by atoms with Crippen LogP contribution in [0.4, 0.5) is 5.82 Å². The molecule has 1 aromatic heterocycles. The molecule has 5 heteroatoms. The van der Waals surface area contributed by atoms with Gasteiger partial charge in [-0.15, -0.1) is 0 Å². The molecule has 2 heterocycles. The summed E-state index contributed by atoms with van der Waals surface area (Å²) in [6.45, 7) is 7.57. The molecule has 1 aliphatic rings. The number of amides is 1. The van der Waals surface area contributed by atoms with Crippen molar-refractivity contribution in [2.75, 3.05) is 25.4 Å². The van der Waals surface area contributed by atoms with Crippen LogP contribution >= 0.6 is 0 Å². The molecule has 1 aliphatic heterocycles. The van der Waals surface area contributed by atoms with Gasteiger partial charge >= 0.3 is 0 Å². The summed E-state index contributed by atoms with van der Waals surface area (Å²) in [5, 5.41) is 0. The molecule has 2 rings (SSSR count). The van der Waals surface area contributed by atoms with Crippen molar-refractivity contribution in [3.05, 3.63) is 23.4 Å². The summed E-state index contributed by atoms with van der Waals surface area (Å²) in [5.41, 5.74) is 6.73. The smallest absolute Gasteiger partial charge is 0.254 e. The van der Waals surface area contributed by atoms with Gasteiger partial charge in [-0.3, -0.25) is 4.79 Å². The van der Waals surface area contributed by atoms with Crippen molar-refractivity contribution < 1.29 is 9.53 Å². The Balaban J connectivity index is 2.20. The Morgan fingerprint density at radius 2 is 2.22 bits per heavy atom. The summed E-state index contributed by atoms with van der Waals surface area (Å²) < 4.78 is 5.60. The average Bonchev–Trinajstić information content (AvgIpc) is 2.25. The fourth-order valence-corrected chi connectivity index (χ4v) is 2.19. The SMILES string of the molecule is Cc1cc(C(=O)N2CCOC(C)(C)C2)cc(N)n1. The highest BCUT2D eigenvalue weighted by Crippen LogP contribution is 2.19. The number of pyridine rings is 1. The van der Waals surface area contributed by atoms with E-state index in [9.17, 15) is 4.79 Å². The number of carbonyl (C=O) groups is 1. The first-order valence-corrected chi connectivity index (χ1v) is 6.05. The summed E-state index contributed by atoms with van der Waals surface area (Å²) in [4.78, 5) is 18.3. The minimum atomic E-state index is -0.290. The molecule has 1 saturated heterocycles. The van der Waals surface area contributed by atoms with Crippen LogP contribution < -0.4 is 5.73 Å². The van der Waals surface area contributed by atoms with Gasteiger partial charge in [-0.1, -0.05) is 0 Å². The molecule has 1 amide bonds. The molecular formula is C13H19N3O2. The normalized spacial score (nSPS) is 18.7. The molecule has 1 fully saturated rings. The van der Waals surface area contributed by atoms with Gasteiger partial charge < -0.3 is 15.4 Å². The first-order valence-electron chi connectivity index (χ1n) is 6.05. The van der Waals surface area contributed by atoms with E-state index in [4.69, 9.17) is 10.5 Å². The van der Waals surface area contributed by atoms with Crippen LogP contribution in [0, 0.1) is 6.92 Å². The molecule has 0 radical (unpaired) electrons. The number of hydrogen-bond acceptors (Lipinski definition) is 4. The zero-order chi connectivity index (χ0) is 13.3. The van der Waals surface area contributed by atoms with Gasteiger partial charge in [0.15, 0.2) is 0 Å². The zero-order valence-corrected chi connectivity index (χ0v) is 11.1. The number of morpholine rings is 1. The third kappa shape index (κ3) is 2.79. The van der Waals surface area contributed by atoms with Crippen LogP contribution in [0.1, 0.15) is 29.9 Å². The lowest BCUT2D eigenvalue weighted by molar-refractivity contribution is -0.0764. The number of carbonyl (C=O) groups excluding carboxylic acids is 1. The molecule has 0 aromatic carbocycles. The van der Waals surface area contributed by atoms with Gasteiger partial charge in [0, 0.05) is 24.3 Å².